The summed E-state index contributed by atoms with van der Waals surface area (Å²) in [7, 11) is 0. The quantitative estimate of drug-likeness (QED) is 0.433. The van der Waals surface area contributed by atoms with Gasteiger partial charge in [-0.05, 0) is 38.5 Å². The second-order valence-electron chi connectivity index (χ2n) is 9.21. The van der Waals surface area contributed by atoms with Gasteiger partial charge in [-0.15, -0.1) is 20.4 Å². The zero-order valence-corrected chi connectivity index (χ0v) is 20.8. The number of hydrogen-bond donors (Lipinski definition) is 2. The lowest BCUT2D eigenvalue weighted by atomic mass is 9.89. The maximum Gasteiger partial charge on any atom is 0.229 e. The van der Waals surface area contributed by atoms with E-state index in [4.69, 9.17) is 0 Å². The van der Waals surface area contributed by atoms with Gasteiger partial charge in [0.25, 0.3) is 0 Å². The number of anilines is 2. The molecule has 0 radical (unpaired) electrons. The highest BCUT2D eigenvalue weighted by Crippen LogP contribution is 2.27. The fourth-order valence-corrected chi connectivity index (χ4v) is 6.25. The van der Waals surface area contributed by atoms with Gasteiger partial charge >= 0.3 is 0 Å². The van der Waals surface area contributed by atoms with Crippen LogP contribution in [0.25, 0.3) is 0 Å². The summed E-state index contributed by atoms with van der Waals surface area (Å²) < 4.78 is 0. The normalized spacial score (nSPS) is 17.7. The number of rotatable bonds is 10. The van der Waals surface area contributed by atoms with E-state index in [0.717, 1.165) is 93.5 Å². The van der Waals surface area contributed by atoms with E-state index in [1.54, 1.807) is 0 Å². The van der Waals surface area contributed by atoms with Crippen LogP contribution in [-0.4, -0.2) is 32.2 Å². The third-order valence-electron chi connectivity index (χ3n) is 6.63. The van der Waals surface area contributed by atoms with Gasteiger partial charge in [0.15, 0.2) is 0 Å². The summed E-state index contributed by atoms with van der Waals surface area (Å²) in [5.41, 5.74) is 0. The third-order valence-corrected chi connectivity index (χ3v) is 8.42. The Morgan fingerprint density at radius 1 is 0.636 bits per heavy atom. The van der Waals surface area contributed by atoms with Gasteiger partial charge in [0, 0.05) is 24.7 Å². The van der Waals surface area contributed by atoms with Gasteiger partial charge in [0.1, 0.15) is 10.0 Å². The monoisotopic (exact) mass is 490 g/mol. The highest BCUT2D eigenvalue weighted by molar-refractivity contribution is 7.15. The van der Waals surface area contributed by atoms with Crippen molar-refractivity contribution in [3.05, 3.63) is 10.0 Å². The van der Waals surface area contributed by atoms with Crippen LogP contribution in [0.3, 0.4) is 0 Å². The highest BCUT2D eigenvalue weighted by Gasteiger charge is 2.23. The molecule has 33 heavy (non-hydrogen) atoms. The van der Waals surface area contributed by atoms with Crippen molar-refractivity contribution in [2.45, 2.75) is 96.3 Å². The van der Waals surface area contributed by atoms with Crippen molar-refractivity contribution in [3.63, 3.8) is 0 Å². The molecule has 4 rings (SSSR count). The lowest BCUT2D eigenvalue weighted by Gasteiger charge is -2.19. The van der Waals surface area contributed by atoms with E-state index in [9.17, 15) is 9.59 Å². The first kappa shape index (κ1) is 24.2. The highest BCUT2D eigenvalue weighted by atomic mass is 32.1. The van der Waals surface area contributed by atoms with E-state index in [2.05, 4.69) is 31.0 Å². The lowest BCUT2D eigenvalue weighted by molar-refractivity contribution is -0.121. The SMILES string of the molecule is O=C(Nc1nnc(CCCCCc2nnc(NC(=O)C3CCCCC3)s2)s1)C1CCCCC1. The van der Waals surface area contributed by atoms with E-state index in [1.807, 2.05) is 0 Å². The molecule has 2 aliphatic rings. The number of amides is 2. The average Bonchev–Trinajstić information content (AvgIpc) is 3.49. The first-order valence-corrected chi connectivity index (χ1v) is 14.1. The van der Waals surface area contributed by atoms with E-state index < -0.39 is 0 Å². The second-order valence-corrected chi connectivity index (χ2v) is 11.3. The summed E-state index contributed by atoms with van der Waals surface area (Å²) in [5, 5.41) is 25.8. The smallest absolute Gasteiger partial charge is 0.229 e. The summed E-state index contributed by atoms with van der Waals surface area (Å²) >= 11 is 2.97. The van der Waals surface area contributed by atoms with Crippen LogP contribution in [0, 0.1) is 11.8 Å². The molecule has 0 spiro atoms. The van der Waals surface area contributed by atoms with Gasteiger partial charge in [-0.1, -0.05) is 67.6 Å². The van der Waals surface area contributed by atoms with Crippen LogP contribution in [0.1, 0.15) is 93.5 Å². The van der Waals surface area contributed by atoms with E-state index in [0.29, 0.717) is 10.3 Å². The average molecular weight is 491 g/mol. The minimum absolute atomic E-state index is 0.101. The predicted molar refractivity (Wildman–Crippen MR) is 131 cm³/mol. The molecular formula is C23H34N6O2S2. The maximum absolute atomic E-state index is 12.3. The van der Waals surface area contributed by atoms with E-state index in [1.165, 1.54) is 35.5 Å². The summed E-state index contributed by atoms with van der Waals surface area (Å²) in [4.78, 5) is 24.7. The second kappa shape index (κ2) is 12.5. The molecule has 10 heteroatoms. The summed E-state index contributed by atoms with van der Waals surface area (Å²) in [6.45, 7) is 0. The van der Waals surface area contributed by atoms with Crippen molar-refractivity contribution in [2.24, 2.45) is 11.8 Å². The molecule has 2 N–H and O–H groups in total. The molecule has 0 atom stereocenters. The Morgan fingerprint density at radius 3 is 1.48 bits per heavy atom. The molecule has 2 aromatic rings. The van der Waals surface area contributed by atoms with Gasteiger partial charge in [0.2, 0.25) is 22.1 Å². The molecule has 2 heterocycles. The molecule has 0 bridgehead atoms. The van der Waals surface area contributed by atoms with Crippen molar-refractivity contribution in [2.75, 3.05) is 10.6 Å². The van der Waals surface area contributed by atoms with Crippen LogP contribution in [0.15, 0.2) is 0 Å². The zero-order valence-electron chi connectivity index (χ0n) is 19.2. The molecular weight excluding hydrogens is 456 g/mol. The molecule has 2 aliphatic carbocycles. The summed E-state index contributed by atoms with van der Waals surface area (Å²) in [5.74, 6) is 0.465. The van der Waals surface area contributed by atoms with Crippen molar-refractivity contribution in [3.8, 4) is 0 Å². The lowest BCUT2D eigenvalue weighted by Crippen LogP contribution is -2.24. The minimum atomic E-state index is 0.101. The molecule has 0 aromatic carbocycles. The Balaban J connectivity index is 1.11. The molecule has 0 aliphatic heterocycles. The number of aromatic nitrogens is 4. The van der Waals surface area contributed by atoms with Gasteiger partial charge in [-0.3, -0.25) is 9.59 Å². The zero-order chi connectivity index (χ0) is 22.9. The standard InChI is InChI=1S/C23H34N6O2S2/c30-20(16-10-4-1-5-11-16)24-22-28-26-18(32-22)14-8-3-9-15-19-27-29-23(33-19)25-21(31)17-12-6-2-7-13-17/h16-17H,1-15H2,(H,24,28,30)(H,25,29,31). The van der Waals surface area contributed by atoms with Gasteiger partial charge in [-0.25, -0.2) is 0 Å². The number of hydrogen-bond acceptors (Lipinski definition) is 8. The molecule has 2 saturated carbocycles. The van der Waals surface area contributed by atoms with E-state index >= 15 is 0 Å². The number of nitrogens with zero attached hydrogens (tertiary/aromatic N) is 4. The van der Waals surface area contributed by atoms with Crippen LogP contribution in [-0.2, 0) is 22.4 Å². The fourth-order valence-electron chi connectivity index (χ4n) is 4.68. The molecule has 2 amide bonds. The van der Waals surface area contributed by atoms with Gasteiger partial charge in [-0.2, -0.15) is 0 Å². The summed E-state index contributed by atoms with van der Waals surface area (Å²) in [6, 6.07) is 0. The van der Waals surface area contributed by atoms with Crippen LogP contribution in [0.5, 0.6) is 0 Å². The van der Waals surface area contributed by atoms with Crippen molar-refractivity contribution < 1.29 is 9.59 Å². The predicted octanol–water partition coefficient (Wildman–Crippen LogP) is 5.38. The topological polar surface area (TPSA) is 110 Å². The fraction of sp³-hybridized carbons (Fsp3) is 0.739. The third kappa shape index (κ3) is 7.53. The molecule has 2 aromatic heterocycles. The molecule has 0 unspecified atom stereocenters. The number of carbonyl (C=O) groups is 2. The summed E-state index contributed by atoms with van der Waals surface area (Å²) in [6.07, 6.45) is 15.9. The Hall–Kier alpha value is -1.94. The van der Waals surface area contributed by atoms with Crippen LogP contribution < -0.4 is 10.6 Å². The van der Waals surface area contributed by atoms with Crippen molar-refractivity contribution >= 4 is 44.8 Å². The molecule has 180 valence electrons. The van der Waals surface area contributed by atoms with Gasteiger partial charge < -0.3 is 10.6 Å². The number of aryl methyl sites for hydroxylation is 2. The van der Waals surface area contributed by atoms with Crippen LogP contribution in [0.4, 0.5) is 10.3 Å². The van der Waals surface area contributed by atoms with E-state index in [-0.39, 0.29) is 23.7 Å². The van der Waals surface area contributed by atoms with Crippen LogP contribution in [0.2, 0.25) is 0 Å². The Labute approximate surface area is 203 Å². The van der Waals surface area contributed by atoms with Crippen LogP contribution >= 0.6 is 22.7 Å². The Morgan fingerprint density at radius 2 is 1.06 bits per heavy atom. The largest absolute Gasteiger partial charge is 0.300 e. The van der Waals surface area contributed by atoms with Gasteiger partial charge in [0.05, 0.1) is 0 Å². The number of carbonyl (C=O) groups excluding carboxylic acids is 2. The minimum Gasteiger partial charge on any atom is -0.300 e. The maximum atomic E-state index is 12.3. The first-order chi connectivity index (χ1) is 16.2. The molecule has 8 nitrogen and oxygen atoms in total. The van der Waals surface area contributed by atoms with Crippen molar-refractivity contribution in [1.82, 2.24) is 20.4 Å². The van der Waals surface area contributed by atoms with Crippen molar-refractivity contribution in [1.29, 1.82) is 0 Å². The first-order valence-electron chi connectivity index (χ1n) is 12.4. The Bertz CT molecular complexity index is 830. The number of unbranched alkanes of at least 4 members (excludes halogenated alkanes) is 2. The molecule has 0 saturated heterocycles. The Kier molecular flexibility index (Phi) is 9.17. The number of nitrogens with one attached hydrogen (secondary N) is 2. The molecule has 2 fully saturated rings.